The zero-order valence-electron chi connectivity index (χ0n) is 14.1. The van der Waals surface area contributed by atoms with Crippen LogP contribution in [0.4, 0.5) is 5.69 Å². The predicted molar refractivity (Wildman–Crippen MR) is 104 cm³/mol. The number of anilines is 1. The fraction of sp³-hybridized carbons (Fsp3) is 0.235. The number of halogens is 2. The number of thiophene rings is 1. The average Bonchev–Trinajstić information content (AvgIpc) is 3.28. The van der Waals surface area contributed by atoms with E-state index in [1.54, 1.807) is 18.2 Å². The fourth-order valence-corrected chi connectivity index (χ4v) is 3.17. The van der Waals surface area contributed by atoms with Crippen LogP contribution < -0.4 is 5.32 Å². The number of aromatic nitrogens is 2. The molecule has 26 heavy (non-hydrogen) atoms. The van der Waals surface area contributed by atoms with Crippen LogP contribution in [-0.4, -0.2) is 34.6 Å². The zero-order valence-corrected chi connectivity index (χ0v) is 16.4. The first kappa shape index (κ1) is 18.8. The van der Waals surface area contributed by atoms with Crippen molar-refractivity contribution in [3.8, 4) is 10.8 Å². The molecule has 2 aromatic heterocycles. The van der Waals surface area contributed by atoms with E-state index in [2.05, 4.69) is 15.5 Å². The SMILES string of the molecule is C[C@H](c1nnc(-c2cccs2)o1)N(C)CC(=O)Nc1ccc(Cl)c(Cl)c1. The molecule has 0 saturated carbocycles. The van der Waals surface area contributed by atoms with Gasteiger partial charge in [0.2, 0.25) is 11.8 Å². The number of likely N-dealkylation sites (N-methyl/N-ethyl adjacent to an activating group) is 1. The maximum absolute atomic E-state index is 12.3. The highest BCUT2D eigenvalue weighted by molar-refractivity contribution is 7.13. The minimum Gasteiger partial charge on any atom is -0.418 e. The molecule has 136 valence electrons. The number of carbonyl (C=O) groups excluding carboxylic acids is 1. The third-order valence-electron chi connectivity index (χ3n) is 3.79. The fourth-order valence-electron chi connectivity index (χ4n) is 2.23. The highest BCUT2D eigenvalue weighted by Gasteiger charge is 2.21. The van der Waals surface area contributed by atoms with Crippen molar-refractivity contribution in [2.45, 2.75) is 13.0 Å². The lowest BCUT2D eigenvalue weighted by atomic mass is 10.3. The number of benzene rings is 1. The molecule has 2 heterocycles. The number of hydrogen-bond acceptors (Lipinski definition) is 6. The van der Waals surface area contributed by atoms with E-state index in [-0.39, 0.29) is 18.5 Å². The van der Waals surface area contributed by atoms with E-state index < -0.39 is 0 Å². The molecule has 3 aromatic rings. The first-order chi connectivity index (χ1) is 12.4. The maximum Gasteiger partial charge on any atom is 0.257 e. The van der Waals surface area contributed by atoms with Crippen LogP contribution in [0, 0.1) is 0 Å². The van der Waals surface area contributed by atoms with Crippen molar-refractivity contribution < 1.29 is 9.21 Å². The highest BCUT2D eigenvalue weighted by atomic mass is 35.5. The van der Waals surface area contributed by atoms with Gasteiger partial charge in [0.25, 0.3) is 5.89 Å². The molecule has 1 N–H and O–H groups in total. The van der Waals surface area contributed by atoms with Gasteiger partial charge < -0.3 is 9.73 Å². The minimum absolute atomic E-state index is 0.151. The summed E-state index contributed by atoms with van der Waals surface area (Å²) in [6.07, 6.45) is 0. The number of hydrogen-bond donors (Lipinski definition) is 1. The van der Waals surface area contributed by atoms with E-state index in [4.69, 9.17) is 27.6 Å². The largest absolute Gasteiger partial charge is 0.418 e. The van der Waals surface area contributed by atoms with Gasteiger partial charge in [-0.2, -0.15) is 0 Å². The number of carbonyl (C=O) groups is 1. The third-order valence-corrected chi connectivity index (χ3v) is 5.38. The summed E-state index contributed by atoms with van der Waals surface area (Å²) in [5.41, 5.74) is 0.586. The molecular weight excluding hydrogens is 395 g/mol. The number of rotatable bonds is 6. The standard InChI is InChI=1S/C17H16Cl2N4O2S/c1-10(16-21-22-17(25-16)14-4-3-7-26-14)23(2)9-15(24)20-11-5-6-12(18)13(19)8-11/h3-8,10H,9H2,1-2H3,(H,20,24)/t10-/m1/s1. The zero-order chi connectivity index (χ0) is 18.7. The Labute approximate surface area is 164 Å². The molecule has 0 fully saturated rings. The monoisotopic (exact) mass is 410 g/mol. The average molecular weight is 411 g/mol. The first-order valence-electron chi connectivity index (χ1n) is 7.76. The van der Waals surface area contributed by atoms with Crippen LogP contribution in [0.25, 0.3) is 10.8 Å². The van der Waals surface area contributed by atoms with Crippen molar-refractivity contribution in [2.24, 2.45) is 0 Å². The Kier molecular flexibility index (Phi) is 5.93. The maximum atomic E-state index is 12.3. The van der Waals surface area contributed by atoms with Crippen LogP contribution in [-0.2, 0) is 4.79 Å². The van der Waals surface area contributed by atoms with E-state index in [1.807, 2.05) is 36.4 Å². The van der Waals surface area contributed by atoms with Crippen LogP contribution in [0.2, 0.25) is 10.0 Å². The molecule has 0 aliphatic rings. The topological polar surface area (TPSA) is 71.3 Å². The predicted octanol–water partition coefficient (Wildman–Crippen LogP) is 4.74. The normalized spacial score (nSPS) is 12.3. The lowest BCUT2D eigenvalue weighted by Crippen LogP contribution is -2.32. The smallest absolute Gasteiger partial charge is 0.257 e. The third kappa shape index (κ3) is 4.42. The summed E-state index contributed by atoms with van der Waals surface area (Å²) in [6.45, 7) is 2.05. The minimum atomic E-state index is -0.212. The second-order valence-electron chi connectivity index (χ2n) is 5.69. The second kappa shape index (κ2) is 8.18. The van der Waals surface area contributed by atoms with Gasteiger partial charge >= 0.3 is 0 Å². The molecule has 0 radical (unpaired) electrons. The molecule has 0 unspecified atom stereocenters. The van der Waals surface area contributed by atoms with Gasteiger partial charge in [-0.25, -0.2) is 0 Å². The van der Waals surface area contributed by atoms with Crippen LogP contribution >= 0.6 is 34.5 Å². The Hall–Kier alpha value is -1.93. The molecular formula is C17H16Cl2N4O2S. The van der Waals surface area contributed by atoms with E-state index in [1.165, 1.54) is 11.3 Å². The Morgan fingerprint density at radius 1 is 1.31 bits per heavy atom. The number of nitrogens with one attached hydrogen (secondary N) is 1. The van der Waals surface area contributed by atoms with Crippen LogP contribution in [0.15, 0.2) is 40.1 Å². The highest BCUT2D eigenvalue weighted by Crippen LogP contribution is 2.27. The molecule has 0 aliphatic heterocycles. The Morgan fingerprint density at radius 3 is 2.81 bits per heavy atom. The molecule has 0 aliphatic carbocycles. The molecule has 0 bridgehead atoms. The Bertz CT molecular complexity index is 898. The van der Waals surface area contributed by atoms with Crippen molar-refractivity contribution in [3.63, 3.8) is 0 Å². The van der Waals surface area contributed by atoms with Gasteiger partial charge in [-0.05, 0) is 43.6 Å². The van der Waals surface area contributed by atoms with Crippen molar-refractivity contribution in [2.75, 3.05) is 18.9 Å². The summed E-state index contributed by atoms with van der Waals surface area (Å²) in [5, 5.41) is 13.7. The van der Waals surface area contributed by atoms with Crippen LogP contribution in [0.1, 0.15) is 18.9 Å². The van der Waals surface area contributed by atoms with Gasteiger partial charge in [0.05, 0.1) is 27.5 Å². The van der Waals surface area contributed by atoms with Gasteiger partial charge in [-0.1, -0.05) is 29.3 Å². The Balaban J connectivity index is 1.60. The molecule has 1 atom stereocenters. The Morgan fingerprint density at radius 2 is 2.12 bits per heavy atom. The second-order valence-corrected chi connectivity index (χ2v) is 7.45. The van der Waals surface area contributed by atoms with Gasteiger partial charge in [0.15, 0.2) is 0 Å². The lowest BCUT2D eigenvalue weighted by Gasteiger charge is -2.21. The van der Waals surface area contributed by atoms with Gasteiger partial charge in [0.1, 0.15) is 0 Å². The molecule has 0 spiro atoms. The quantitative estimate of drug-likeness (QED) is 0.635. The van der Waals surface area contributed by atoms with Gasteiger partial charge in [-0.3, -0.25) is 9.69 Å². The van der Waals surface area contributed by atoms with E-state index in [9.17, 15) is 4.79 Å². The van der Waals surface area contributed by atoms with Crippen molar-refractivity contribution in [3.05, 3.63) is 51.6 Å². The van der Waals surface area contributed by atoms with Crippen molar-refractivity contribution in [1.82, 2.24) is 15.1 Å². The molecule has 6 nitrogen and oxygen atoms in total. The van der Waals surface area contributed by atoms with Crippen molar-refractivity contribution >= 4 is 46.1 Å². The summed E-state index contributed by atoms with van der Waals surface area (Å²) in [4.78, 5) is 15.0. The summed E-state index contributed by atoms with van der Waals surface area (Å²) in [5.74, 6) is 0.754. The van der Waals surface area contributed by atoms with E-state index in [0.29, 0.717) is 27.5 Å². The molecule has 0 saturated heterocycles. The molecule has 9 heteroatoms. The van der Waals surface area contributed by atoms with Gasteiger partial charge in [-0.15, -0.1) is 21.5 Å². The van der Waals surface area contributed by atoms with E-state index >= 15 is 0 Å². The first-order valence-corrected chi connectivity index (χ1v) is 9.40. The lowest BCUT2D eigenvalue weighted by molar-refractivity contribution is -0.117. The van der Waals surface area contributed by atoms with Crippen LogP contribution in [0.3, 0.4) is 0 Å². The van der Waals surface area contributed by atoms with Crippen LogP contribution in [0.5, 0.6) is 0 Å². The number of nitrogens with zero attached hydrogens (tertiary/aromatic N) is 3. The number of amides is 1. The molecule has 3 rings (SSSR count). The summed E-state index contributed by atoms with van der Waals surface area (Å²) in [6, 6.07) is 8.57. The summed E-state index contributed by atoms with van der Waals surface area (Å²) in [7, 11) is 1.81. The van der Waals surface area contributed by atoms with E-state index in [0.717, 1.165) is 4.88 Å². The van der Waals surface area contributed by atoms with Crippen molar-refractivity contribution in [1.29, 1.82) is 0 Å². The summed E-state index contributed by atoms with van der Waals surface area (Å²) < 4.78 is 5.72. The summed E-state index contributed by atoms with van der Waals surface area (Å²) >= 11 is 13.4. The van der Waals surface area contributed by atoms with Gasteiger partial charge in [0, 0.05) is 5.69 Å². The molecule has 1 aromatic carbocycles. The molecule has 1 amide bonds.